The van der Waals surface area contributed by atoms with Gasteiger partial charge in [-0.1, -0.05) is 125 Å². The lowest BCUT2D eigenvalue weighted by molar-refractivity contribution is -0.368. The summed E-state index contributed by atoms with van der Waals surface area (Å²) >= 11 is 0. The van der Waals surface area contributed by atoms with Crippen molar-refractivity contribution in [3.63, 3.8) is 0 Å². The Morgan fingerprint density at radius 3 is 1.17 bits per heavy atom. The topological polar surface area (TPSA) is 249 Å². The molecule has 13 rings (SSSR count). The van der Waals surface area contributed by atoms with E-state index in [0.29, 0.717) is 91.0 Å². The average Bonchev–Trinajstić information content (AvgIpc) is 1.44. The van der Waals surface area contributed by atoms with Crippen LogP contribution in [0.25, 0.3) is 0 Å². The first-order valence-electron chi connectivity index (χ1n) is 40.6. The van der Waals surface area contributed by atoms with Crippen molar-refractivity contribution in [3.8, 4) is 0 Å². The van der Waals surface area contributed by atoms with Crippen LogP contribution in [0, 0.1) is 71.0 Å². The monoisotopic (exact) mass is 1620 g/mol. The van der Waals surface area contributed by atoms with E-state index in [-0.39, 0.29) is 204 Å². The molecule has 13 aliphatic heterocycles. The van der Waals surface area contributed by atoms with Crippen molar-refractivity contribution in [1.29, 1.82) is 0 Å². The zero-order valence-corrected chi connectivity index (χ0v) is 73.0. The smallest absolute Gasteiger partial charge is 0.231 e. The summed E-state index contributed by atoms with van der Waals surface area (Å²) in [7, 11) is 1.61. The molecule has 0 amide bonds. The van der Waals surface area contributed by atoms with Crippen molar-refractivity contribution >= 4 is 65.8 Å². The highest BCUT2D eigenvalue weighted by Crippen LogP contribution is 2.59. The lowest BCUT2D eigenvalue weighted by Crippen LogP contribution is -2.62. The van der Waals surface area contributed by atoms with Crippen LogP contribution in [-0.4, -0.2) is 179 Å². The third kappa shape index (κ3) is 18.7. The normalized spacial score (nSPS) is 46.9. The van der Waals surface area contributed by atoms with Crippen LogP contribution in [0.5, 0.6) is 0 Å². The predicted molar refractivity (Wildman–Crippen MR) is 408 cm³/mol. The average molecular weight is 1620 g/mol. The summed E-state index contributed by atoms with van der Waals surface area (Å²) in [6.07, 6.45) is 13.1. The molecule has 106 heavy (non-hydrogen) atoms. The Labute approximate surface area is 645 Å². The number of fused-ring (bicyclic) bond motifs is 7. The Balaban J connectivity index is 0.000000159. The molecule has 13 fully saturated rings. The highest BCUT2D eigenvalue weighted by molar-refractivity contribution is 7.46. The molecular formula is C78H129O21P7. The number of carbonyl (C=O) groups is 1. The molecule has 0 aromatic carbocycles. The SMILES string of the molecule is CC(C)C[C@@]1(C(C)C)C[C@@H]2O[C@]3(C[C@H](C)[C@@H]4OC(CC(=O)P=O)[C@H](P=O)C[C@@H]4O3)C[C@H](C)[C@@H]2O1.CC(C)C[C@@]1(C(C)C)C[C@@H]2O[C@]3(C[C@H](C)[C@@H]4O[C@@H]5C[C@@H]([C@H](CP=O)OP)O[C@@H]5C[C@@H]4O3)C[C@H](C)[C@@H]2O1.CC(C)C[C@@]1(C(C)C)C[C@@H]2O[C@]3(C[C@H](C)[C@@H]4O[C@H]([C@H](C[C@H](CP=O)P=O)P=O)C[C@@H]4O3)C[C@H](C)[C@@H]2O1. The van der Waals surface area contributed by atoms with E-state index in [4.69, 9.17) is 66.1 Å². The molecule has 13 heterocycles. The first kappa shape index (κ1) is 87.0. The first-order valence-corrected chi connectivity index (χ1v) is 46.6. The Hall–Kier alpha value is 0.140. The Kier molecular flexibility index (Phi) is 29.5. The van der Waals surface area contributed by atoms with Crippen molar-refractivity contribution in [3.05, 3.63) is 0 Å². The molecule has 2 unspecified atom stereocenters. The second-order valence-electron chi connectivity index (χ2n) is 37.5. The summed E-state index contributed by atoms with van der Waals surface area (Å²) in [5.74, 6) is 2.74. The Morgan fingerprint density at radius 2 is 0.792 bits per heavy atom. The molecule has 28 heteroatoms. The van der Waals surface area contributed by atoms with Crippen LogP contribution in [0.2, 0.25) is 0 Å². The van der Waals surface area contributed by atoms with E-state index in [1.165, 1.54) is 0 Å². The van der Waals surface area contributed by atoms with E-state index >= 15 is 0 Å². The van der Waals surface area contributed by atoms with Crippen LogP contribution in [0.1, 0.15) is 240 Å². The predicted octanol–water partition coefficient (Wildman–Crippen LogP) is 18.3. The molecule has 0 radical (unpaired) electrons. The molecule has 0 saturated carbocycles. The second-order valence-corrected chi connectivity index (χ2v) is 42.4. The van der Waals surface area contributed by atoms with E-state index in [0.717, 1.165) is 83.5 Å². The fourth-order valence-corrected chi connectivity index (χ4v) is 25.8. The van der Waals surface area contributed by atoms with Gasteiger partial charge in [0.25, 0.3) is 0 Å². The van der Waals surface area contributed by atoms with Crippen molar-refractivity contribution < 1.29 is 98.3 Å². The number of hydrogen-bond donors (Lipinski definition) is 0. The summed E-state index contributed by atoms with van der Waals surface area (Å²) in [4.78, 5) is 11.8. The van der Waals surface area contributed by atoms with Crippen LogP contribution in [0.3, 0.4) is 0 Å². The van der Waals surface area contributed by atoms with E-state index in [9.17, 15) is 32.2 Å². The summed E-state index contributed by atoms with van der Waals surface area (Å²) in [5, 5.41) is 0. The van der Waals surface area contributed by atoms with Crippen LogP contribution in [0.4, 0.5) is 0 Å². The lowest BCUT2D eigenvalue weighted by Gasteiger charge is -2.54. The summed E-state index contributed by atoms with van der Waals surface area (Å²) < 4.78 is 161. The molecule has 3 spiro atoms. The standard InChI is InChI=1S/C27H46O7P2.C26H43O7P3.C25H40O7P2/c1-14(2)9-26(15(3)4)12-22-25(33-26)17(6)11-27(32-22)10-16(5)24-21(31-27)8-18-19(30-24)7-20(29-18)23(34-35)13-36-28;1-14(2)9-25(15(3)4)12-21-24(33-25)17(6)11-26(32-21)10-16(5)23-20(31-26)8-19(30-23)22(36-29)7-18(35-28)13-34-27;1-13(2)9-24(14(3)4)12-19-23(32-24)16(6)11-25(31-19)10-15(5)22-18(30-25)7-20(33-27)17(29-22)8-21(26)34-28/h14-25H,7-13,35H2,1-6H3;14-24H,7-13H2,1-6H3;13-20,22-23H,7-12H2,1-6H3/t16-,17-,18+,19+,20-,21-,22-,23-,24-,25-,26-,27+;16-,17-,18+,19-,20-,21-,22-,23-,24-,25-,26+;15-,16-,17?,18-,19-,20+,22-,23-,24-,25+/m000/s1. The highest BCUT2D eigenvalue weighted by Gasteiger charge is 2.65. The molecular weight excluding hydrogens is 1490 g/mol. The fourth-order valence-electron chi connectivity index (χ4n) is 22.1. The molecule has 0 aromatic rings. The molecule has 21 nitrogen and oxygen atoms in total. The molecule has 0 aliphatic carbocycles. The Bertz CT molecular complexity index is 3010. The quantitative estimate of drug-likeness (QED) is 0.0815. The number of hydrogen-bond acceptors (Lipinski definition) is 21. The van der Waals surface area contributed by atoms with Crippen LogP contribution < -0.4 is 0 Å². The molecule has 602 valence electrons. The van der Waals surface area contributed by atoms with Crippen molar-refractivity contribution in [2.45, 2.75) is 401 Å². The van der Waals surface area contributed by atoms with E-state index < -0.39 is 37.4 Å². The van der Waals surface area contributed by atoms with E-state index in [1.54, 1.807) is 0 Å². The second kappa shape index (κ2) is 35.9. The maximum Gasteiger partial charge on any atom is 0.231 e. The third-order valence-electron chi connectivity index (χ3n) is 26.8. The van der Waals surface area contributed by atoms with Crippen LogP contribution in [-0.2, 0) is 98.3 Å². The molecule has 0 N–H and O–H groups in total. The van der Waals surface area contributed by atoms with Gasteiger partial charge in [-0.25, -0.2) is 0 Å². The van der Waals surface area contributed by atoms with Gasteiger partial charge in [-0.2, -0.15) is 0 Å². The van der Waals surface area contributed by atoms with E-state index in [1.807, 2.05) is 0 Å². The molecule has 13 saturated heterocycles. The van der Waals surface area contributed by atoms with Gasteiger partial charge in [-0.15, -0.1) is 0 Å². The number of ether oxygens (including phenoxy) is 13. The van der Waals surface area contributed by atoms with Crippen molar-refractivity contribution in [2.24, 2.45) is 71.0 Å². The van der Waals surface area contributed by atoms with Gasteiger partial charge in [0, 0.05) is 99.1 Å². The number of rotatable bonds is 24. The van der Waals surface area contributed by atoms with Gasteiger partial charge in [0.05, 0.1) is 150 Å². The fraction of sp³-hybridized carbons (Fsp3) is 0.987. The highest BCUT2D eigenvalue weighted by atomic mass is 31.1. The van der Waals surface area contributed by atoms with Gasteiger partial charge in [0.1, 0.15) is 0 Å². The van der Waals surface area contributed by atoms with E-state index in [2.05, 4.69) is 134 Å². The minimum Gasteiger partial charge on any atom is -0.371 e. The van der Waals surface area contributed by atoms with Crippen LogP contribution >= 0.6 is 60.2 Å². The van der Waals surface area contributed by atoms with Gasteiger partial charge >= 0.3 is 0 Å². The number of carbonyl (C=O) groups excluding carboxylic acids is 1. The Morgan fingerprint density at radius 1 is 0.415 bits per heavy atom. The zero-order valence-electron chi connectivity index (χ0n) is 66.5. The maximum atomic E-state index is 12.0. The third-order valence-corrected chi connectivity index (χ3v) is 31.2. The van der Waals surface area contributed by atoms with Crippen molar-refractivity contribution in [1.82, 2.24) is 0 Å². The van der Waals surface area contributed by atoms with Gasteiger partial charge in [0.15, 0.2) is 59.7 Å². The summed E-state index contributed by atoms with van der Waals surface area (Å²) in [6.45, 7) is 40.6. The minimum atomic E-state index is -0.695. The molecule has 0 aromatic heterocycles. The van der Waals surface area contributed by atoms with Gasteiger partial charge in [-0.3, -0.25) is 32.2 Å². The largest absolute Gasteiger partial charge is 0.371 e. The first-order chi connectivity index (χ1) is 50.1. The maximum absolute atomic E-state index is 12.0. The minimum absolute atomic E-state index is 0.00646. The molecule has 13 aliphatic rings. The van der Waals surface area contributed by atoms with Crippen LogP contribution in [0.15, 0.2) is 0 Å². The zero-order chi connectivity index (χ0) is 76.9. The lowest BCUT2D eigenvalue weighted by atomic mass is 9.77. The summed E-state index contributed by atoms with van der Waals surface area (Å²) in [5.41, 5.74) is -1.83. The molecule has 0 bridgehead atoms. The van der Waals surface area contributed by atoms with Gasteiger partial charge in [-0.05, 0) is 103 Å². The van der Waals surface area contributed by atoms with Crippen molar-refractivity contribution in [2.75, 3.05) is 12.3 Å². The summed E-state index contributed by atoms with van der Waals surface area (Å²) in [6, 6.07) is 0. The van der Waals surface area contributed by atoms with Gasteiger partial charge in [0.2, 0.25) is 14.0 Å². The van der Waals surface area contributed by atoms with Gasteiger partial charge < -0.3 is 66.1 Å². The molecule has 34 atom stereocenters.